The summed E-state index contributed by atoms with van der Waals surface area (Å²) in [5, 5.41) is 13.1. The van der Waals surface area contributed by atoms with Crippen LogP contribution < -0.4 is 10.1 Å². The Morgan fingerprint density at radius 2 is 1.85 bits per heavy atom. The molecule has 7 heteroatoms. The first-order chi connectivity index (χ1) is 16.2. The molecule has 2 aromatic rings. The highest BCUT2D eigenvalue weighted by Crippen LogP contribution is 2.39. The molecule has 1 aliphatic heterocycles. The lowest BCUT2D eigenvalue weighted by Gasteiger charge is -2.20. The van der Waals surface area contributed by atoms with Crippen LogP contribution in [-0.4, -0.2) is 42.5 Å². The molecule has 1 heterocycles. The second-order valence-corrected chi connectivity index (χ2v) is 10.4. The molecule has 2 aromatic carbocycles. The van der Waals surface area contributed by atoms with Gasteiger partial charge in [0.1, 0.15) is 11.9 Å². The van der Waals surface area contributed by atoms with E-state index in [2.05, 4.69) is 35.2 Å². The van der Waals surface area contributed by atoms with Gasteiger partial charge in [0, 0.05) is 24.0 Å². The van der Waals surface area contributed by atoms with Crippen LogP contribution in [0.1, 0.15) is 56.3 Å². The van der Waals surface area contributed by atoms with E-state index in [1.807, 2.05) is 60.3 Å². The summed E-state index contributed by atoms with van der Waals surface area (Å²) in [6.45, 7) is 3.35. The van der Waals surface area contributed by atoms with Crippen molar-refractivity contribution in [3.05, 3.63) is 65.7 Å². The van der Waals surface area contributed by atoms with Gasteiger partial charge in [0.25, 0.3) is 0 Å². The van der Waals surface area contributed by atoms with Crippen molar-refractivity contribution in [2.75, 3.05) is 26.0 Å². The number of aliphatic hydroxyl groups is 1. The van der Waals surface area contributed by atoms with Crippen molar-refractivity contribution >= 4 is 27.7 Å². The Hall–Kier alpha value is -1.76. The fourth-order valence-electron chi connectivity index (χ4n) is 3.26. The number of hydrogen-bond acceptors (Lipinski definition) is 7. The first kappa shape index (κ1) is 29.3. The van der Waals surface area contributed by atoms with Crippen molar-refractivity contribution in [1.29, 1.82) is 0 Å². The Morgan fingerprint density at radius 1 is 1.15 bits per heavy atom. The SMILES string of the molecule is CCCC[C@@H]1CCSS1.CNCCC(Oc1ccc(CCO)cc1)c1ccccc1.O=C=O. The summed E-state index contributed by atoms with van der Waals surface area (Å²) in [5.41, 5.74) is 2.31. The van der Waals surface area contributed by atoms with Crippen molar-refractivity contribution in [1.82, 2.24) is 5.32 Å². The van der Waals surface area contributed by atoms with E-state index in [-0.39, 0.29) is 18.9 Å². The van der Waals surface area contributed by atoms with E-state index in [9.17, 15) is 0 Å². The monoisotopic (exact) mass is 491 g/mol. The summed E-state index contributed by atoms with van der Waals surface area (Å²) in [7, 11) is 6.10. The molecule has 2 N–H and O–H groups in total. The molecule has 1 unspecified atom stereocenters. The summed E-state index contributed by atoms with van der Waals surface area (Å²) in [6, 6.07) is 18.2. The number of carbonyl (C=O) groups excluding carboxylic acids is 2. The smallest absolute Gasteiger partial charge is 0.373 e. The second-order valence-electron chi connectivity index (χ2n) is 7.58. The Morgan fingerprint density at radius 3 is 2.39 bits per heavy atom. The molecule has 182 valence electrons. The summed E-state index contributed by atoms with van der Waals surface area (Å²) in [4.78, 5) is 16.2. The molecule has 0 radical (unpaired) electrons. The molecule has 0 amide bonds. The van der Waals surface area contributed by atoms with Crippen molar-refractivity contribution < 1.29 is 19.4 Å². The Balaban J connectivity index is 0.000000375. The maximum atomic E-state index is 8.94. The molecular formula is C26H37NO4S2. The first-order valence-corrected chi connectivity index (χ1v) is 13.9. The molecule has 0 spiro atoms. The predicted octanol–water partition coefficient (Wildman–Crippen LogP) is 5.70. The van der Waals surface area contributed by atoms with Gasteiger partial charge in [-0.25, -0.2) is 0 Å². The average molecular weight is 492 g/mol. The normalized spacial score (nSPS) is 15.3. The molecule has 0 bridgehead atoms. The largest absolute Gasteiger partial charge is 0.486 e. The number of unbranched alkanes of at least 4 members (excludes halogenated alkanes) is 1. The molecule has 0 saturated carbocycles. The Bertz CT molecular complexity index is 747. The molecule has 1 fully saturated rings. The molecule has 33 heavy (non-hydrogen) atoms. The zero-order valence-corrected chi connectivity index (χ0v) is 21.3. The number of nitrogens with one attached hydrogen (secondary N) is 1. The van der Waals surface area contributed by atoms with Gasteiger partial charge < -0.3 is 15.2 Å². The van der Waals surface area contributed by atoms with Crippen LogP contribution in [0.5, 0.6) is 5.75 Å². The lowest BCUT2D eigenvalue weighted by Crippen LogP contribution is -2.16. The quantitative estimate of drug-likeness (QED) is 0.391. The van der Waals surface area contributed by atoms with Crippen LogP contribution >= 0.6 is 21.6 Å². The number of rotatable bonds is 11. The zero-order valence-electron chi connectivity index (χ0n) is 19.7. The Kier molecular flexibility index (Phi) is 17.5. The van der Waals surface area contributed by atoms with E-state index >= 15 is 0 Å². The van der Waals surface area contributed by atoms with Gasteiger partial charge in [-0.3, -0.25) is 0 Å². The summed E-state index contributed by atoms with van der Waals surface area (Å²) < 4.78 is 6.13. The van der Waals surface area contributed by atoms with E-state index in [4.69, 9.17) is 19.4 Å². The average Bonchev–Trinajstić information content (AvgIpc) is 3.37. The third-order valence-electron chi connectivity index (χ3n) is 5.04. The maximum absolute atomic E-state index is 8.94. The van der Waals surface area contributed by atoms with Crippen molar-refractivity contribution in [3.8, 4) is 5.75 Å². The molecule has 1 aliphatic rings. The van der Waals surface area contributed by atoms with Crippen LogP contribution in [0.25, 0.3) is 0 Å². The van der Waals surface area contributed by atoms with Gasteiger partial charge in [-0.1, -0.05) is 83.8 Å². The molecule has 3 rings (SSSR count). The summed E-state index contributed by atoms with van der Waals surface area (Å²) in [5.74, 6) is 2.25. The molecule has 2 atom stereocenters. The van der Waals surface area contributed by atoms with Crippen LogP contribution in [0.15, 0.2) is 54.6 Å². The highest BCUT2D eigenvalue weighted by molar-refractivity contribution is 8.77. The van der Waals surface area contributed by atoms with Crippen molar-refractivity contribution in [2.24, 2.45) is 0 Å². The molecule has 5 nitrogen and oxygen atoms in total. The van der Waals surface area contributed by atoms with Gasteiger partial charge in [-0.15, -0.1) is 0 Å². The van der Waals surface area contributed by atoms with E-state index in [0.717, 1.165) is 29.5 Å². The minimum absolute atomic E-state index is 0.0438. The molecular weight excluding hydrogens is 454 g/mol. The fourth-order valence-corrected chi connectivity index (χ4v) is 6.29. The standard InChI is InChI=1S/C18H23NO2.C7H14S2.CO2/c1-19-13-11-18(16-5-3-2-4-6-16)21-17-9-7-15(8-10-17)12-14-20;1-2-3-4-7-5-6-8-9-7;2-1-3/h2-10,18-20H,11-14H2,1H3;7H,2-6H2,1H3;/t;7-;/m.1./s1. The first-order valence-electron chi connectivity index (χ1n) is 11.5. The van der Waals surface area contributed by atoms with Crippen molar-refractivity contribution in [3.63, 3.8) is 0 Å². The molecule has 1 saturated heterocycles. The summed E-state index contributed by atoms with van der Waals surface area (Å²) >= 11 is 0. The number of aliphatic hydroxyl groups excluding tert-OH is 1. The van der Waals surface area contributed by atoms with Gasteiger partial charge in [-0.05, 0) is 56.1 Å². The topological polar surface area (TPSA) is 75.6 Å². The van der Waals surface area contributed by atoms with Crippen LogP contribution in [0, 0.1) is 0 Å². The minimum Gasteiger partial charge on any atom is -0.486 e. The number of ether oxygens (including phenoxy) is 1. The second kappa shape index (κ2) is 19.7. The lowest BCUT2D eigenvalue weighted by atomic mass is 10.1. The predicted molar refractivity (Wildman–Crippen MR) is 139 cm³/mol. The molecule has 0 aromatic heterocycles. The molecule has 0 aliphatic carbocycles. The zero-order chi connectivity index (χ0) is 24.2. The van der Waals surface area contributed by atoms with E-state index in [1.54, 1.807) is 0 Å². The minimum atomic E-state index is 0.0438. The van der Waals surface area contributed by atoms with E-state index in [1.165, 1.54) is 37.0 Å². The van der Waals surface area contributed by atoms with Crippen LogP contribution in [-0.2, 0) is 16.0 Å². The third kappa shape index (κ3) is 13.5. The number of hydrogen-bond donors (Lipinski definition) is 2. The van der Waals surface area contributed by atoms with Gasteiger partial charge in [0.15, 0.2) is 0 Å². The van der Waals surface area contributed by atoms with E-state index < -0.39 is 0 Å². The van der Waals surface area contributed by atoms with Crippen molar-refractivity contribution in [2.45, 2.75) is 56.8 Å². The Labute approximate surface area is 206 Å². The highest BCUT2D eigenvalue weighted by atomic mass is 33.1. The van der Waals surface area contributed by atoms with Gasteiger partial charge in [-0.2, -0.15) is 9.59 Å². The van der Waals surface area contributed by atoms with Gasteiger partial charge in [0.05, 0.1) is 0 Å². The third-order valence-corrected chi connectivity index (χ3v) is 8.04. The van der Waals surface area contributed by atoms with Crippen LogP contribution in [0.3, 0.4) is 0 Å². The fraction of sp³-hybridized carbons (Fsp3) is 0.500. The lowest BCUT2D eigenvalue weighted by molar-refractivity contribution is -0.191. The number of benzene rings is 2. The van der Waals surface area contributed by atoms with Gasteiger partial charge in [0.2, 0.25) is 0 Å². The van der Waals surface area contributed by atoms with Crippen LogP contribution in [0.4, 0.5) is 0 Å². The van der Waals surface area contributed by atoms with E-state index in [0.29, 0.717) is 6.42 Å². The highest BCUT2D eigenvalue weighted by Gasteiger charge is 2.15. The maximum Gasteiger partial charge on any atom is 0.373 e. The van der Waals surface area contributed by atoms with Gasteiger partial charge >= 0.3 is 6.15 Å². The summed E-state index contributed by atoms with van der Waals surface area (Å²) in [6.07, 6.45) is 7.59. The van der Waals surface area contributed by atoms with Crippen LogP contribution in [0.2, 0.25) is 0 Å².